The molecule has 33 heavy (non-hydrogen) atoms. The molecule has 1 saturated heterocycles. The van der Waals surface area contributed by atoms with E-state index in [9.17, 15) is 13.2 Å². The Morgan fingerprint density at radius 3 is 2.48 bits per heavy atom. The van der Waals surface area contributed by atoms with Gasteiger partial charge in [-0.15, -0.1) is 0 Å². The maximum absolute atomic E-state index is 13.0. The zero-order valence-electron chi connectivity index (χ0n) is 19.2. The number of aromatic nitrogens is 1. The molecule has 2 aromatic carbocycles. The largest absolute Gasteiger partial charge is 0.380 e. The first-order chi connectivity index (χ1) is 15.8. The molecular weight excluding hydrogens is 458 g/mol. The fourth-order valence-corrected chi connectivity index (χ4v) is 6.73. The molecule has 7 nitrogen and oxygen atoms in total. The van der Waals surface area contributed by atoms with Crippen molar-refractivity contribution in [2.45, 2.75) is 45.1 Å². The molecule has 0 spiro atoms. The lowest BCUT2D eigenvalue weighted by atomic mass is 10.1. The molecule has 1 aliphatic heterocycles. The fourth-order valence-electron chi connectivity index (χ4n) is 4.11. The van der Waals surface area contributed by atoms with E-state index in [0.29, 0.717) is 43.2 Å². The van der Waals surface area contributed by atoms with Crippen molar-refractivity contribution in [3.63, 3.8) is 0 Å². The summed E-state index contributed by atoms with van der Waals surface area (Å²) in [5.41, 5.74) is 3.69. The number of benzene rings is 2. The average Bonchev–Trinajstić information content (AvgIpc) is 3.44. The lowest BCUT2D eigenvalue weighted by Crippen LogP contribution is -2.27. The predicted octanol–water partition coefficient (Wildman–Crippen LogP) is 3.88. The van der Waals surface area contributed by atoms with Crippen LogP contribution in [0.15, 0.2) is 46.3 Å². The number of hydrogen-bond donors (Lipinski definition) is 0. The minimum absolute atomic E-state index is 0.209. The van der Waals surface area contributed by atoms with Crippen LogP contribution in [0, 0.1) is 13.8 Å². The zero-order chi connectivity index (χ0) is 23.6. The number of rotatable bonds is 7. The molecule has 9 heteroatoms. The monoisotopic (exact) mass is 487 g/mol. The lowest BCUT2D eigenvalue weighted by molar-refractivity contribution is 0.0996. The van der Waals surface area contributed by atoms with Crippen LogP contribution in [0.5, 0.6) is 0 Å². The van der Waals surface area contributed by atoms with Crippen LogP contribution < -0.4 is 4.80 Å². The number of ether oxygens (including phenoxy) is 1. The van der Waals surface area contributed by atoms with Crippen LogP contribution in [0.3, 0.4) is 0 Å². The van der Waals surface area contributed by atoms with E-state index in [1.807, 2.05) is 11.5 Å². The lowest BCUT2D eigenvalue weighted by Gasteiger charge is -2.15. The molecule has 0 radical (unpaired) electrons. The second-order valence-corrected chi connectivity index (χ2v) is 11.1. The van der Waals surface area contributed by atoms with E-state index < -0.39 is 15.9 Å². The molecule has 0 bridgehead atoms. The summed E-state index contributed by atoms with van der Waals surface area (Å²) in [7, 11) is -3.51. The maximum Gasteiger partial charge on any atom is 0.279 e. The van der Waals surface area contributed by atoms with Gasteiger partial charge in [-0.25, -0.2) is 8.42 Å². The topological polar surface area (TPSA) is 81.0 Å². The number of nitrogens with zero attached hydrogens (tertiary/aromatic N) is 3. The second-order valence-electron chi connectivity index (χ2n) is 8.22. The molecule has 2 heterocycles. The Hall–Kier alpha value is -2.33. The predicted molar refractivity (Wildman–Crippen MR) is 130 cm³/mol. The first-order valence-corrected chi connectivity index (χ1v) is 13.4. The van der Waals surface area contributed by atoms with E-state index in [2.05, 4.69) is 31.0 Å². The van der Waals surface area contributed by atoms with E-state index in [0.717, 1.165) is 34.2 Å². The van der Waals surface area contributed by atoms with Crippen molar-refractivity contribution in [3.8, 4) is 0 Å². The summed E-state index contributed by atoms with van der Waals surface area (Å²) in [4.78, 5) is 18.2. The van der Waals surface area contributed by atoms with Gasteiger partial charge in [-0.3, -0.25) is 4.79 Å². The molecule has 0 unspecified atom stereocenters. The van der Waals surface area contributed by atoms with Crippen LogP contribution in [0.4, 0.5) is 0 Å². The van der Waals surface area contributed by atoms with E-state index >= 15 is 0 Å². The first kappa shape index (κ1) is 23.8. The third kappa shape index (κ3) is 4.96. The van der Waals surface area contributed by atoms with Gasteiger partial charge < -0.3 is 9.30 Å². The average molecular weight is 488 g/mol. The Balaban J connectivity index is 1.68. The third-order valence-electron chi connectivity index (χ3n) is 5.78. The summed E-state index contributed by atoms with van der Waals surface area (Å²) in [6.07, 6.45) is 1.76. The molecule has 0 saturated carbocycles. The smallest absolute Gasteiger partial charge is 0.279 e. The van der Waals surface area contributed by atoms with Crippen molar-refractivity contribution in [2.24, 2.45) is 4.99 Å². The second kappa shape index (κ2) is 9.89. The summed E-state index contributed by atoms with van der Waals surface area (Å²) in [6.45, 7) is 8.90. The van der Waals surface area contributed by atoms with Gasteiger partial charge in [-0.1, -0.05) is 17.4 Å². The minimum atomic E-state index is -3.51. The van der Waals surface area contributed by atoms with Gasteiger partial charge >= 0.3 is 0 Å². The molecule has 1 amide bonds. The number of amides is 1. The quantitative estimate of drug-likeness (QED) is 0.474. The van der Waals surface area contributed by atoms with E-state index in [1.54, 1.807) is 12.1 Å². The number of carbonyl (C=O) groups excluding carboxylic acids is 1. The highest BCUT2D eigenvalue weighted by Crippen LogP contribution is 2.24. The van der Waals surface area contributed by atoms with Crippen LogP contribution in [0.25, 0.3) is 10.2 Å². The van der Waals surface area contributed by atoms with Gasteiger partial charge in [0, 0.05) is 31.8 Å². The highest BCUT2D eigenvalue weighted by molar-refractivity contribution is 7.89. The van der Waals surface area contributed by atoms with Gasteiger partial charge in [-0.2, -0.15) is 9.30 Å². The van der Waals surface area contributed by atoms with Crippen LogP contribution in [-0.2, 0) is 21.3 Å². The molecule has 0 aliphatic carbocycles. The number of fused-ring (bicyclic) bond motifs is 1. The van der Waals surface area contributed by atoms with Crippen LogP contribution in [-0.4, -0.2) is 49.5 Å². The molecule has 1 aromatic heterocycles. The SMILES string of the molecule is CCOCCn1c(=NC(=O)c2ccc(S(=O)(=O)N3CCCC3)cc2)sc2c(C)cc(C)cc21. The van der Waals surface area contributed by atoms with Gasteiger partial charge in [-0.05, 0) is 75.1 Å². The van der Waals surface area contributed by atoms with Crippen molar-refractivity contribution in [3.05, 3.63) is 57.9 Å². The molecule has 1 fully saturated rings. The van der Waals surface area contributed by atoms with Gasteiger partial charge in [0.05, 0.1) is 21.7 Å². The van der Waals surface area contributed by atoms with Gasteiger partial charge in [0.2, 0.25) is 10.0 Å². The number of thiazole rings is 1. The summed E-state index contributed by atoms with van der Waals surface area (Å²) in [5.74, 6) is -0.397. The summed E-state index contributed by atoms with van der Waals surface area (Å²) in [6, 6.07) is 10.3. The Labute approximate surface area is 198 Å². The molecule has 1 aliphatic rings. The molecule has 176 valence electrons. The Bertz CT molecular complexity index is 1330. The summed E-state index contributed by atoms with van der Waals surface area (Å²) in [5, 5.41) is 0. The normalized spacial score (nSPS) is 15.5. The molecule has 3 aromatic rings. The number of carbonyl (C=O) groups is 1. The summed E-state index contributed by atoms with van der Waals surface area (Å²) < 4.78 is 35.6. The van der Waals surface area contributed by atoms with Gasteiger partial charge in [0.15, 0.2) is 4.80 Å². The summed E-state index contributed by atoms with van der Waals surface area (Å²) >= 11 is 1.48. The minimum Gasteiger partial charge on any atom is -0.380 e. The van der Waals surface area contributed by atoms with E-state index in [4.69, 9.17) is 4.74 Å². The Morgan fingerprint density at radius 2 is 1.82 bits per heavy atom. The number of hydrogen-bond acceptors (Lipinski definition) is 5. The van der Waals surface area contributed by atoms with Crippen molar-refractivity contribution < 1.29 is 17.9 Å². The maximum atomic E-state index is 13.0. The van der Waals surface area contributed by atoms with E-state index in [-0.39, 0.29) is 4.90 Å². The van der Waals surface area contributed by atoms with Crippen molar-refractivity contribution in [1.29, 1.82) is 0 Å². The molecule has 0 atom stereocenters. The highest BCUT2D eigenvalue weighted by Gasteiger charge is 2.27. The van der Waals surface area contributed by atoms with Crippen molar-refractivity contribution >= 4 is 37.5 Å². The van der Waals surface area contributed by atoms with Crippen LogP contribution in [0.2, 0.25) is 0 Å². The zero-order valence-corrected chi connectivity index (χ0v) is 20.8. The molecule has 4 rings (SSSR count). The van der Waals surface area contributed by atoms with Crippen molar-refractivity contribution in [2.75, 3.05) is 26.3 Å². The standard InChI is InChI=1S/C24H29N3O4S2/c1-4-31-14-13-27-21-16-17(2)15-18(3)22(21)32-24(27)25-23(28)19-7-9-20(10-8-19)33(29,30)26-11-5-6-12-26/h7-10,15-16H,4-6,11-14H2,1-3H3. The van der Waals surface area contributed by atoms with Crippen LogP contribution >= 0.6 is 11.3 Å². The molecule has 0 N–H and O–H groups in total. The van der Waals surface area contributed by atoms with Crippen LogP contribution in [0.1, 0.15) is 41.3 Å². The fraction of sp³-hybridized carbons (Fsp3) is 0.417. The number of sulfonamides is 1. The van der Waals surface area contributed by atoms with E-state index in [1.165, 1.54) is 27.8 Å². The van der Waals surface area contributed by atoms with Crippen molar-refractivity contribution in [1.82, 2.24) is 8.87 Å². The first-order valence-electron chi connectivity index (χ1n) is 11.2. The molecular formula is C24H29N3O4S2. The Morgan fingerprint density at radius 1 is 1.12 bits per heavy atom. The van der Waals surface area contributed by atoms with Gasteiger partial charge in [0.1, 0.15) is 0 Å². The highest BCUT2D eigenvalue weighted by atomic mass is 32.2. The third-order valence-corrected chi connectivity index (χ3v) is 8.92. The number of aryl methyl sites for hydroxylation is 2. The van der Waals surface area contributed by atoms with Gasteiger partial charge in [0.25, 0.3) is 5.91 Å². The Kier molecular flexibility index (Phi) is 7.13.